The minimum atomic E-state index is 0.183. The summed E-state index contributed by atoms with van der Waals surface area (Å²) in [5, 5.41) is 0.609. The van der Waals surface area contributed by atoms with Gasteiger partial charge < -0.3 is 0 Å². The number of Topliss-reactive ketones (excluding diaryl/α,β-unsaturated/α-hetero) is 1. The number of thioether (sulfide) groups is 1. The lowest BCUT2D eigenvalue weighted by atomic mass is 10.0. The minimum Gasteiger partial charge on any atom is -0.298 e. The number of rotatable bonds is 6. The molecule has 0 saturated heterocycles. The van der Waals surface area contributed by atoms with Gasteiger partial charge in [0.05, 0.1) is 5.75 Å². The van der Waals surface area contributed by atoms with Gasteiger partial charge in [0, 0.05) is 11.2 Å². The fourth-order valence-corrected chi connectivity index (χ4v) is 2.96. The van der Waals surface area contributed by atoms with Crippen molar-refractivity contribution in [2.75, 3.05) is 5.75 Å². The van der Waals surface area contributed by atoms with Crippen LogP contribution in [0.3, 0.4) is 0 Å². The van der Waals surface area contributed by atoms with Crippen molar-refractivity contribution in [2.24, 2.45) is 17.8 Å². The normalized spacial score (nSPS) is 12.1. The number of hydrogen-bond donors (Lipinski definition) is 0. The van der Waals surface area contributed by atoms with Gasteiger partial charge in [-0.2, -0.15) is 11.8 Å². The molecule has 0 bridgehead atoms. The monoisotopic (exact) mass is 216 g/mol. The second kappa shape index (κ2) is 6.49. The third-order valence-corrected chi connectivity index (χ3v) is 4.30. The van der Waals surface area contributed by atoms with Crippen LogP contribution in [0.2, 0.25) is 0 Å². The Labute approximate surface area is 93.0 Å². The third-order valence-electron chi connectivity index (χ3n) is 2.38. The molecule has 14 heavy (non-hydrogen) atoms. The molecule has 0 unspecified atom stereocenters. The molecule has 0 aromatic carbocycles. The first-order valence-electron chi connectivity index (χ1n) is 5.50. The van der Waals surface area contributed by atoms with Gasteiger partial charge in [0.2, 0.25) is 0 Å². The highest BCUT2D eigenvalue weighted by atomic mass is 32.2. The molecule has 0 amide bonds. The smallest absolute Gasteiger partial charge is 0.145 e. The molecule has 0 aliphatic heterocycles. The molecule has 0 heterocycles. The summed E-state index contributed by atoms with van der Waals surface area (Å²) in [6, 6.07) is 0. The van der Waals surface area contributed by atoms with E-state index in [-0.39, 0.29) is 5.92 Å². The summed E-state index contributed by atoms with van der Waals surface area (Å²) in [5.74, 6) is 2.54. The molecule has 0 aromatic heterocycles. The molecule has 0 rings (SSSR count). The van der Waals surface area contributed by atoms with E-state index in [0.717, 1.165) is 0 Å². The number of carbonyl (C=O) groups is 1. The minimum absolute atomic E-state index is 0.183. The Hall–Kier alpha value is 0.0200. The van der Waals surface area contributed by atoms with E-state index in [1.807, 2.05) is 25.6 Å². The molecular weight excluding hydrogens is 192 g/mol. The summed E-state index contributed by atoms with van der Waals surface area (Å²) in [6.07, 6.45) is 0. The predicted octanol–water partition coefficient (Wildman–Crippen LogP) is 3.63. The van der Waals surface area contributed by atoms with Crippen LogP contribution >= 0.6 is 11.8 Å². The topological polar surface area (TPSA) is 17.1 Å². The van der Waals surface area contributed by atoms with Crippen molar-refractivity contribution >= 4 is 17.5 Å². The quantitative estimate of drug-likeness (QED) is 0.674. The molecule has 0 radical (unpaired) electrons. The van der Waals surface area contributed by atoms with Crippen LogP contribution in [0.15, 0.2) is 0 Å². The summed E-state index contributed by atoms with van der Waals surface area (Å²) >= 11 is 1.82. The summed E-state index contributed by atoms with van der Waals surface area (Å²) in [7, 11) is 0. The Morgan fingerprint density at radius 3 is 1.71 bits per heavy atom. The summed E-state index contributed by atoms with van der Waals surface area (Å²) in [4.78, 5) is 11.5. The second-order valence-electron chi connectivity index (χ2n) is 4.88. The Balaban J connectivity index is 4.01. The Morgan fingerprint density at radius 2 is 1.43 bits per heavy atom. The number of hydrogen-bond acceptors (Lipinski definition) is 2. The lowest BCUT2D eigenvalue weighted by molar-refractivity contribution is -0.119. The fourth-order valence-electron chi connectivity index (χ4n) is 1.50. The zero-order chi connectivity index (χ0) is 11.3. The molecule has 2 heteroatoms. The van der Waals surface area contributed by atoms with Crippen molar-refractivity contribution in [3.05, 3.63) is 0 Å². The zero-order valence-corrected chi connectivity index (χ0v) is 11.1. The first-order chi connectivity index (χ1) is 6.36. The molecule has 0 fully saturated rings. The highest BCUT2D eigenvalue weighted by Gasteiger charge is 2.19. The van der Waals surface area contributed by atoms with Crippen molar-refractivity contribution in [1.29, 1.82) is 0 Å². The largest absolute Gasteiger partial charge is 0.298 e. The van der Waals surface area contributed by atoms with E-state index in [9.17, 15) is 4.79 Å². The van der Waals surface area contributed by atoms with Gasteiger partial charge in [-0.3, -0.25) is 4.79 Å². The molecule has 0 aromatic rings. The first-order valence-corrected chi connectivity index (χ1v) is 6.55. The van der Waals surface area contributed by atoms with Crippen LogP contribution in [-0.4, -0.2) is 16.8 Å². The van der Waals surface area contributed by atoms with E-state index >= 15 is 0 Å². The van der Waals surface area contributed by atoms with Crippen LogP contribution < -0.4 is 0 Å². The maximum Gasteiger partial charge on any atom is 0.145 e. The lowest BCUT2D eigenvalue weighted by Crippen LogP contribution is -2.21. The van der Waals surface area contributed by atoms with Crippen LogP contribution in [0.25, 0.3) is 0 Å². The first kappa shape index (κ1) is 14.0. The van der Waals surface area contributed by atoms with E-state index in [2.05, 4.69) is 27.7 Å². The molecule has 0 N–H and O–H groups in total. The average molecular weight is 216 g/mol. The summed E-state index contributed by atoms with van der Waals surface area (Å²) in [5.41, 5.74) is 0. The highest BCUT2D eigenvalue weighted by molar-refractivity contribution is 8.00. The van der Waals surface area contributed by atoms with E-state index < -0.39 is 0 Å². The van der Waals surface area contributed by atoms with E-state index in [4.69, 9.17) is 0 Å². The van der Waals surface area contributed by atoms with Crippen molar-refractivity contribution in [3.8, 4) is 0 Å². The maximum atomic E-state index is 11.5. The number of carbonyl (C=O) groups excluding carboxylic acids is 1. The van der Waals surface area contributed by atoms with Crippen LogP contribution in [0.1, 0.15) is 41.5 Å². The third kappa shape index (κ3) is 5.04. The molecule has 0 aliphatic carbocycles. The Kier molecular flexibility index (Phi) is 6.50. The zero-order valence-electron chi connectivity index (χ0n) is 10.3. The summed E-state index contributed by atoms with van der Waals surface area (Å²) < 4.78 is 0. The van der Waals surface area contributed by atoms with Gasteiger partial charge in [0.1, 0.15) is 5.78 Å². The van der Waals surface area contributed by atoms with Gasteiger partial charge >= 0.3 is 0 Å². The fraction of sp³-hybridized carbons (Fsp3) is 0.917. The van der Waals surface area contributed by atoms with Gasteiger partial charge in [-0.05, 0) is 11.8 Å². The molecular formula is C12H24OS. The number of ketones is 1. The molecule has 0 saturated carbocycles. The Bertz CT molecular complexity index is 165. The van der Waals surface area contributed by atoms with Crippen molar-refractivity contribution in [2.45, 2.75) is 46.8 Å². The predicted molar refractivity (Wildman–Crippen MR) is 65.8 cm³/mol. The molecule has 0 spiro atoms. The van der Waals surface area contributed by atoms with Gasteiger partial charge in [-0.15, -0.1) is 0 Å². The molecule has 0 aliphatic rings. The van der Waals surface area contributed by atoms with E-state index in [1.54, 1.807) is 0 Å². The highest BCUT2D eigenvalue weighted by Crippen LogP contribution is 2.27. The lowest BCUT2D eigenvalue weighted by Gasteiger charge is -2.24. The van der Waals surface area contributed by atoms with Gasteiger partial charge in [0.25, 0.3) is 0 Å². The van der Waals surface area contributed by atoms with Crippen LogP contribution in [0, 0.1) is 17.8 Å². The van der Waals surface area contributed by atoms with Crippen LogP contribution in [-0.2, 0) is 4.79 Å². The van der Waals surface area contributed by atoms with E-state index in [0.29, 0.717) is 28.6 Å². The second-order valence-corrected chi connectivity index (χ2v) is 6.05. The van der Waals surface area contributed by atoms with E-state index in [1.165, 1.54) is 0 Å². The maximum absolute atomic E-state index is 11.5. The molecule has 1 nitrogen and oxygen atoms in total. The standard InChI is InChI=1S/C12H24OS/c1-8(2)11(13)7-14-12(9(3)4)10(5)6/h8-10,12H,7H2,1-6H3. The summed E-state index contributed by atoms with van der Waals surface area (Å²) in [6.45, 7) is 12.9. The SMILES string of the molecule is CC(C)C(=O)CSC(C(C)C)C(C)C. The van der Waals surface area contributed by atoms with Crippen molar-refractivity contribution in [3.63, 3.8) is 0 Å². The van der Waals surface area contributed by atoms with Crippen LogP contribution in [0.4, 0.5) is 0 Å². The van der Waals surface area contributed by atoms with Gasteiger partial charge in [-0.1, -0.05) is 41.5 Å². The van der Waals surface area contributed by atoms with Crippen molar-refractivity contribution in [1.82, 2.24) is 0 Å². The Morgan fingerprint density at radius 1 is 1.00 bits per heavy atom. The van der Waals surface area contributed by atoms with Crippen LogP contribution in [0.5, 0.6) is 0 Å². The van der Waals surface area contributed by atoms with Gasteiger partial charge in [-0.25, -0.2) is 0 Å². The molecule has 84 valence electrons. The van der Waals surface area contributed by atoms with Gasteiger partial charge in [0.15, 0.2) is 0 Å². The van der Waals surface area contributed by atoms with Crippen molar-refractivity contribution < 1.29 is 4.79 Å². The molecule has 0 atom stereocenters. The average Bonchev–Trinajstić information content (AvgIpc) is 2.02.